The van der Waals surface area contributed by atoms with E-state index in [2.05, 4.69) is 0 Å². The number of carboxylic acids is 1. The molecule has 1 aliphatic rings. The standard InChI is InChI=1S/C14H19NO3S2/c1-15(8-11-3-2-6-20-11)12(16)9-19-10-14(4-5-14)7-13(17)18/h2-3,6H,4-5,7-10H2,1H3,(H,17,18). The number of amides is 1. The first-order valence-corrected chi connectivity index (χ1v) is 8.60. The predicted molar refractivity (Wildman–Crippen MR) is 82.0 cm³/mol. The molecule has 0 unspecified atom stereocenters. The van der Waals surface area contributed by atoms with Crippen LogP contribution >= 0.6 is 23.1 Å². The van der Waals surface area contributed by atoms with E-state index in [1.165, 1.54) is 4.88 Å². The Hall–Kier alpha value is -1.01. The van der Waals surface area contributed by atoms with Gasteiger partial charge in [0.1, 0.15) is 0 Å². The molecule has 4 nitrogen and oxygen atoms in total. The van der Waals surface area contributed by atoms with Crippen molar-refractivity contribution in [2.45, 2.75) is 25.8 Å². The van der Waals surface area contributed by atoms with E-state index < -0.39 is 5.97 Å². The lowest BCUT2D eigenvalue weighted by atomic mass is 10.1. The Morgan fingerprint density at radius 3 is 2.80 bits per heavy atom. The summed E-state index contributed by atoms with van der Waals surface area (Å²) in [6, 6.07) is 4.00. The summed E-state index contributed by atoms with van der Waals surface area (Å²) in [4.78, 5) is 25.7. The maximum Gasteiger partial charge on any atom is 0.303 e. The molecule has 0 saturated heterocycles. The number of carboxylic acid groups (broad SMARTS) is 1. The average molecular weight is 313 g/mol. The third-order valence-corrected chi connectivity index (χ3v) is 5.64. The van der Waals surface area contributed by atoms with Crippen molar-refractivity contribution >= 4 is 35.0 Å². The Morgan fingerprint density at radius 2 is 2.25 bits per heavy atom. The third-order valence-electron chi connectivity index (χ3n) is 3.52. The van der Waals surface area contributed by atoms with Gasteiger partial charge in [-0.15, -0.1) is 11.3 Å². The van der Waals surface area contributed by atoms with E-state index in [0.717, 1.165) is 18.6 Å². The number of aliphatic carboxylic acids is 1. The van der Waals surface area contributed by atoms with Crippen LogP contribution in [0.3, 0.4) is 0 Å². The smallest absolute Gasteiger partial charge is 0.303 e. The molecule has 6 heteroatoms. The van der Waals surface area contributed by atoms with Crippen LogP contribution in [0.4, 0.5) is 0 Å². The maximum absolute atomic E-state index is 12.0. The Bertz CT molecular complexity index is 469. The van der Waals surface area contributed by atoms with E-state index in [9.17, 15) is 9.59 Å². The summed E-state index contributed by atoms with van der Waals surface area (Å²) in [7, 11) is 1.81. The van der Waals surface area contributed by atoms with Crippen LogP contribution in [0.1, 0.15) is 24.1 Å². The zero-order valence-corrected chi connectivity index (χ0v) is 13.1. The van der Waals surface area contributed by atoms with Crippen LogP contribution in [0, 0.1) is 5.41 Å². The largest absolute Gasteiger partial charge is 0.481 e. The molecule has 20 heavy (non-hydrogen) atoms. The summed E-state index contributed by atoms with van der Waals surface area (Å²) in [5.41, 5.74) is -0.0386. The van der Waals surface area contributed by atoms with E-state index >= 15 is 0 Å². The van der Waals surface area contributed by atoms with Crippen molar-refractivity contribution in [1.82, 2.24) is 4.90 Å². The lowest BCUT2D eigenvalue weighted by Gasteiger charge is -2.17. The van der Waals surface area contributed by atoms with Crippen molar-refractivity contribution in [3.63, 3.8) is 0 Å². The fourth-order valence-electron chi connectivity index (χ4n) is 2.06. The van der Waals surface area contributed by atoms with Gasteiger partial charge in [0.15, 0.2) is 0 Å². The van der Waals surface area contributed by atoms with Crippen LogP contribution in [0.15, 0.2) is 17.5 Å². The SMILES string of the molecule is CN(Cc1cccs1)C(=O)CSCC1(CC(=O)O)CC1. The number of hydrogen-bond acceptors (Lipinski definition) is 4. The van der Waals surface area contributed by atoms with E-state index in [1.54, 1.807) is 28.0 Å². The molecule has 0 spiro atoms. The topological polar surface area (TPSA) is 57.6 Å². The van der Waals surface area contributed by atoms with Gasteiger partial charge in [-0.05, 0) is 35.5 Å². The fourth-order valence-corrected chi connectivity index (χ4v) is 4.14. The van der Waals surface area contributed by atoms with Gasteiger partial charge in [0.05, 0.1) is 18.7 Å². The quantitative estimate of drug-likeness (QED) is 0.801. The van der Waals surface area contributed by atoms with Crippen molar-refractivity contribution in [3.8, 4) is 0 Å². The van der Waals surface area contributed by atoms with Crippen molar-refractivity contribution in [2.75, 3.05) is 18.6 Å². The molecular weight excluding hydrogens is 294 g/mol. The molecule has 0 radical (unpaired) electrons. The molecule has 1 aromatic rings. The molecule has 1 amide bonds. The molecule has 2 rings (SSSR count). The highest BCUT2D eigenvalue weighted by Crippen LogP contribution is 2.50. The van der Waals surface area contributed by atoms with Crippen molar-refractivity contribution < 1.29 is 14.7 Å². The minimum absolute atomic E-state index is 0.0386. The molecule has 1 aromatic heterocycles. The van der Waals surface area contributed by atoms with Crippen molar-refractivity contribution in [2.24, 2.45) is 5.41 Å². The van der Waals surface area contributed by atoms with Gasteiger partial charge in [-0.3, -0.25) is 9.59 Å². The average Bonchev–Trinajstić information content (AvgIpc) is 2.93. The van der Waals surface area contributed by atoms with E-state index in [0.29, 0.717) is 12.3 Å². The number of carbonyl (C=O) groups is 2. The summed E-state index contributed by atoms with van der Waals surface area (Å²) in [6.45, 7) is 0.650. The molecule has 1 N–H and O–H groups in total. The van der Waals surface area contributed by atoms with E-state index in [1.807, 2.05) is 24.6 Å². The number of hydrogen-bond donors (Lipinski definition) is 1. The summed E-state index contributed by atoms with van der Waals surface area (Å²) < 4.78 is 0. The molecule has 1 heterocycles. The summed E-state index contributed by atoms with van der Waals surface area (Å²) in [6.07, 6.45) is 2.19. The number of rotatable bonds is 8. The van der Waals surface area contributed by atoms with Crippen LogP contribution in [0.5, 0.6) is 0 Å². The summed E-state index contributed by atoms with van der Waals surface area (Å²) >= 11 is 3.21. The second-order valence-corrected chi connectivity index (χ2v) is 7.41. The van der Waals surface area contributed by atoms with Gasteiger partial charge < -0.3 is 10.0 Å². The van der Waals surface area contributed by atoms with Gasteiger partial charge in [-0.25, -0.2) is 0 Å². The summed E-state index contributed by atoms with van der Waals surface area (Å²) in [5.74, 6) is 0.583. The first-order valence-electron chi connectivity index (χ1n) is 6.57. The molecule has 0 aromatic carbocycles. The molecule has 1 aliphatic carbocycles. The lowest BCUT2D eigenvalue weighted by Crippen LogP contribution is -2.28. The van der Waals surface area contributed by atoms with Crippen LogP contribution in [-0.4, -0.2) is 40.4 Å². The van der Waals surface area contributed by atoms with E-state index in [-0.39, 0.29) is 17.7 Å². The second kappa shape index (κ2) is 6.63. The molecule has 1 fully saturated rings. The van der Waals surface area contributed by atoms with Gasteiger partial charge in [0.2, 0.25) is 5.91 Å². The number of carbonyl (C=O) groups excluding carboxylic acids is 1. The number of nitrogens with zero attached hydrogens (tertiary/aromatic N) is 1. The molecular formula is C14H19NO3S2. The number of thioether (sulfide) groups is 1. The van der Waals surface area contributed by atoms with Gasteiger partial charge in [-0.1, -0.05) is 6.07 Å². The van der Waals surface area contributed by atoms with Crippen molar-refractivity contribution in [3.05, 3.63) is 22.4 Å². The predicted octanol–water partition coefficient (Wildman–Crippen LogP) is 2.69. The minimum Gasteiger partial charge on any atom is -0.481 e. The highest BCUT2D eigenvalue weighted by Gasteiger charge is 2.44. The molecule has 1 saturated carbocycles. The van der Waals surface area contributed by atoms with Gasteiger partial charge in [0, 0.05) is 11.9 Å². The van der Waals surface area contributed by atoms with Gasteiger partial charge >= 0.3 is 5.97 Å². The number of thiophene rings is 1. The maximum atomic E-state index is 12.0. The zero-order valence-electron chi connectivity index (χ0n) is 11.5. The Labute approximate surface area is 127 Å². The minimum atomic E-state index is -0.732. The van der Waals surface area contributed by atoms with Crippen LogP contribution in [0.25, 0.3) is 0 Å². The van der Waals surface area contributed by atoms with Crippen LogP contribution in [0.2, 0.25) is 0 Å². The molecule has 0 bridgehead atoms. The fraction of sp³-hybridized carbons (Fsp3) is 0.571. The Balaban J connectivity index is 1.68. The van der Waals surface area contributed by atoms with Crippen LogP contribution in [-0.2, 0) is 16.1 Å². The zero-order chi connectivity index (χ0) is 14.6. The van der Waals surface area contributed by atoms with Gasteiger partial charge in [-0.2, -0.15) is 11.8 Å². The Morgan fingerprint density at radius 1 is 1.50 bits per heavy atom. The highest BCUT2D eigenvalue weighted by molar-refractivity contribution is 7.99. The third kappa shape index (κ3) is 4.52. The normalized spacial score (nSPS) is 15.8. The van der Waals surface area contributed by atoms with E-state index in [4.69, 9.17) is 5.11 Å². The molecule has 0 aliphatic heterocycles. The van der Waals surface area contributed by atoms with Crippen LogP contribution < -0.4 is 0 Å². The Kier molecular flexibility index (Phi) is 5.10. The molecule has 0 atom stereocenters. The van der Waals surface area contributed by atoms with Crippen molar-refractivity contribution in [1.29, 1.82) is 0 Å². The lowest BCUT2D eigenvalue weighted by molar-refractivity contribution is -0.138. The second-order valence-electron chi connectivity index (χ2n) is 5.39. The first-order chi connectivity index (χ1) is 9.51. The summed E-state index contributed by atoms with van der Waals surface area (Å²) in [5, 5.41) is 10.9. The first kappa shape index (κ1) is 15.4. The monoisotopic (exact) mass is 313 g/mol. The highest BCUT2D eigenvalue weighted by atomic mass is 32.2. The van der Waals surface area contributed by atoms with Gasteiger partial charge in [0.25, 0.3) is 0 Å². The molecule has 110 valence electrons.